The average Bonchev–Trinajstić information content (AvgIpc) is 2.60. The lowest BCUT2D eigenvalue weighted by molar-refractivity contribution is -0.111. The molecule has 0 spiro atoms. The van der Waals surface area contributed by atoms with Crippen LogP contribution in [0.4, 0.5) is 5.69 Å². The second-order valence-electron chi connectivity index (χ2n) is 5.46. The van der Waals surface area contributed by atoms with Gasteiger partial charge in [0.25, 0.3) is 0 Å². The Labute approximate surface area is 142 Å². The third-order valence-corrected chi connectivity index (χ3v) is 5.80. The number of hydrogen-bond acceptors (Lipinski definition) is 5. The summed E-state index contributed by atoms with van der Waals surface area (Å²) in [5.41, 5.74) is 0.531. The molecule has 0 atom stereocenters. The number of rotatable bonds is 7. The van der Waals surface area contributed by atoms with Gasteiger partial charge in [-0.3, -0.25) is 9.69 Å². The van der Waals surface area contributed by atoms with Gasteiger partial charge >= 0.3 is 0 Å². The topological polar surface area (TPSA) is 79.0 Å². The van der Waals surface area contributed by atoms with Crippen molar-refractivity contribution >= 4 is 21.6 Å². The van der Waals surface area contributed by atoms with Gasteiger partial charge in [0.1, 0.15) is 0 Å². The zero-order valence-corrected chi connectivity index (χ0v) is 14.6. The fourth-order valence-corrected chi connectivity index (χ4v) is 3.89. The Hall–Kier alpha value is -1.74. The molecule has 24 heavy (non-hydrogen) atoms. The first-order valence-corrected chi connectivity index (χ1v) is 9.16. The molecule has 132 valence electrons. The third kappa shape index (κ3) is 4.64. The van der Waals surface area contributed by atoms with E-state index < -0.39 is 10.0 Å². The molecule has 2 rings (SSSR count). The van der Waals surface area contributed by atoms with Gasteiger partial charge in [-0.1, -0.05) is 6.58 Å². The monoisotopic (exact) mass is 353 g/mol. The lowest BCUT2D eigenvalue weighted by Crippen LogP contribution is -2.49. The standard InChI is InChI=1S/C16H23N3O4S/c1-3-16(20)17-14-4-6-15(7-5-14)24(21,22)19-10-8-18(9-11-19)12-13-23-2/h3-7H,1,8-13H2,2H3,(H,17,20). The van der Waals surface area contributed by atoms with E-state index in [-0.39, 0.29) is 10.8 Å². The van der Waals surface area contributed by atoms with E-state index >= 15 is 0 Å². The molecule has 0 saturated carbocycles. The second kappa shape index (κ2) is 8.39. The number of ether oxygens (including phenoxy) is 1. The third-order valence-electron chi connectivity index (χ3n) is 3.89. The summed E-state index contributed by atoms with van der Waals surface area (Å²) < 4.78 is 31.9. The van der Waals surface area contributed by atoms with Crippen LogP contribution < -0.4 is 5.32 Å². The largest absolute Gasteiger partial charge is 0.383 e. The van der Waals surface area contributed by atoms with Crippen LogP contribution in [0.25, 0.3) is 0 Å². The molecule has 1 aromatic rings. The summed E-state index contributed by atoms with van der Waals surface area (Å²) in [6, 6.07) is 6.16. The Bertz CT molecular complexity index is 665. The first-order chi connectivity index (χ1) is 11.5. The number of benzene rings is 1. The highest BCUT2D eigenvalue weighted by molar-refractivity contribution is 7.89. The normalized spacial score (nSPS) is 16.7. The average molecular weight is 353 g/mol. The van der Waals surface area contributed by atoms with Crippen LogP contribution in [-0.2, 0) is 19.6 Å². The maximum absolute atomic E-state index is 12.7. The molecule has 0 radical (unpaired) electrons. The molecular formula is C16H23N3O4S. The second-order valence-corrected chi connectivity index (χ2v) is 7.39. The Morgan fingerprint density at radius 3 is 2.42 bits per heavy atom. The molecule has 1 fully saturated rings. The molecule has 1 N–H and O–H groups in total. The van der Waals surface area contributed by atoms with Crippen LogP contribution in [-0.4, -0.2) is 70.0 Å². The Morgan fingerprint density at radius 2 is 1.88 bits per heavy atom. The number of hydrogen-bond donors (Lipinski definition) is 1. The van der Waals surface area contributed by atoms with Gasteiger partial charge in [-0.15, -0.1) is 0 Å². The van der Waals surface area contributed by atoms with E-state index in [0.29, 0.717) is 38.5 Å². The number of sulfonamides is 1. The van der Waals surface area contributed by atoms with Crippen molar-refractivity contribution in [1.82, 2.24) is 9.21 Å². The molecule has 0 aromatic heterocycles. The van der Waals surface area contributed by atoms with Crippen molar-refractivity contribution in [3.63, 3.8) is 0 Å². The molecule has 0 bridgehead atoms. The maximum Gasteiger partial charge on any atom is 0.247 e. The molecule has 1 heterocycles. The van der Waals surface area contributed by atoms with Crippen LogP contribution in [0.5, 0.6) is 0 Å². The van der Waals surface area contributed by atoms with Gasteiger partial charge in [-0.2, -0.15) is 4.31 Å². The van der Waals surface area contributed by atoms with Gasteiger partial charge in [0.2, 0.25) is 15.9 Å². The summed E-state index contributed by atoms with van der Waals surface area (Å²) >= 11 is 0. The zero-order valence-electron chi connectivity index (χ0n) is 13.8. The van der Waals surface area contributed by atoms with Crippen molar-refractivity contribution in [3.05, 3.63) is 36.9 Å². The highest BCUT2D eigenvalue weighted by Crippen LogP contribution is 2.20. The van der Waals surface area contributed by atoms with E-state index in [4.69, 9.17) is 4.74 Å². The summed E-state index contributed by atoms with van der Waals surface area (Å²) in [4.78, 5) is 13.7. The fraction of sp³-hybridized carbons (Fsp3) is 0.438. The molecule has 1 aromatic carbocycles. The molecule has 1 amide bonds. The molecular weight excluding hydrogens is 330 g/mol. The number of carbonyl (C=O) groups excluding carboxylic acids is 1. The number of nitrogens with one attached hydrogen (secondary N) is 1. The molecule has 1 aliphatic heterocycles. The van der Waals surface area contributed by atoms with Gasteiger partial charge in [-0.05, 0) is 30.3 Å². The van der Waals surface area contributed by atoms with E-state index in [9.17, 15) is 13.2 Å². The highest BCUT2D eigenvalue weighted by Gasteiger charge is 2.28. The zero-order chi connectivity index (χ0) is 17.6. The summed E-state index contributed by atoms with van der Waals surface area (Å²) in [5, 5.41) is 2.59. The summed E-state index contributed by atoms with van der Waals surface area (Å²) in [6.45, 7) is 7.12. The maximum atomic E-state index is 12.7. The van der Waals surface area contributed by atoms with Crippen LogP contribution in [0.1, 0.15) is 0 Å². The summed E-state index contributed by atoms with van der Waals surface area (Å²) in [5.74, 6) is -0.335. The molecule has 1 saturated heterocycles. The smallest absolute Gasteiger partial charge is 0.247 e. The van der Waals surface area contributed by atoms with Crippen molar-refractivity contribution in [2.24, 2.45) is 0 Å². The predicted octanol–water partition coefficient (Wildman–Crippen LogP) is 0.764. The minimum atomic E-state index is -3.51. The number of piperazine rings is 1. The van der Waals surface area contributed by atoms with Gasteiger partial charge in [0, 0.05) is 45.5 Å². The first-order valence-electron chi connectivity index (χ1n) is 7.72. The first kappa shape index (κ1) is 18.6. The Morgan fingerprint density at radius 1 is 1.25 bits per heavy atom. The number of amides is 1. The quantitative estimate of drug-likeness (QED) is 0.733. The summed E-state index contributed by atoms with van der Waals surface area (Å²) in [6.07, 6.45) is 1.16. The Balaban J connectivity index is 2.00. The number of methoxy groups -OCH3 is 1. The molecule has 7 nitrogen and oxygen atoms in total. The molecule has 0 unspecified atom stereocenters. The van der Waals surface area contributed by atoms with Gasteiger partial charge < -0.3 is 10.1 Å². The lowest BCUT2D eigenvalue weighted by atomic mass is 10.3. The fourth-order valence-electron chi connectivity index (χ4n) is 2.47. The van der Waals surface area contributed by atoms with E-state index in [1.807, 2.05) is 0 Å². The minimum absolute atomic E-state index is 0.226. The van der Waals surface area contributed by atoms with Gasteiger partial charge in [0.05, 0.1) is 11.5 Å². The van der Waals surface area contributed by atoms with Crippen LogP contribution >= 0.6 is 0 Å². The van der Waals surface area contributed by atoms with Crippen molar-refractivity contribution in [1.29, 1.82) is 0 Å². The van der Waals surface area contributed by atoms with E-state index in [1.54, 1.807) is 19.2 Å². The van der Waals surface area contributed by atoms with Crippen molar-refractivity contribution in [2.75, 3.05) is 51.8 Å². The summed E-state index contributed by atoms with van der Waals surface area (Å²) in [7, 11) is -1.86. The molecule has 8 heteroatoms. The van der Waals surface area contributed by atoms with E-state index in [1.165, 1.54) is 16.4 Å². The van der Waals surface area contributed by atoms with Crippen molar-refractivity contribution in [2.45, 2.75) is 4.90 Å². The number of carbonyl (C=O) groups is 1. The SMILES string of the molecule is C=CC(=O)Nc1ccc(S(=O)(=O)N2CCN(CCOC)CC2)cc1. The van der Waals surface area contributed by atoms with Crippen molar-refractivity contribution < 1.29 is 17.9 Å². The van der Waals surface area contributed by atoms with Gasteiger partial charge in [0.15, 0.2) is 0 Å². The van der Waals surface area contributed by atoms with Crippen molar-refractivity contribution in [3.8, 4) is 0 Å². The van der Waals surface area contributed by atoms with Crippen LogP contribution in [0.3, 0.4) is 0 Å². The molecule has 0 aliphatic carbocycles. The van der Waals surface area contributed by atoms with Gasteiger partial charge in [-0.25, -0.2) is 8.42 Å². The van der Waals surface area contributed by atoms with Crippen LogP contribution in [0, 0.1) is 0 Å². The lowest BCUT2D eigenvalue weighted by Gasteiger charge is -2.33. The highest BCUT2D eigenvalue weighted by atomic mass is 32.2. The Kier molecular flexibility index (Phi) is 6.50. The van der Waals surface area contributed by atoms with Crippen LogP contribution in [0.2, 0.25) is 0 Å². The number of nitrogens with zero attached hydrogens (tertiary/aromatic N) is 2. The van der Waals surface area contributed by atoms with Crippen LogP contribution in [0.15, 0.2) is 41.8 Å². The number of anilines is 1. The van der Waals surface area contributed by atoms with E-state index in [0.717, 1.165) is 12.6 Å². The molecule has 1 aliphatic rings. The minimum Gasteiger partial charge on any atom is -0.383 e. The predicted molar refractivity (Wildman–Crippen MR) is 92.3 cm³/mol. The van der Waals surface area contributed by atoms with E-state index in [2.05, 4.69) is 16.8 Å².